The smallest absolute Gasteiger partial charge is 0.341 e. The molecule has 1 aliphatic rings. The number of methoxy groups -OCH3 is 1. The Labute approximate surface area is 143 Å². The molecular weight excluding hydrogens is 329 g/mol. The summed E-state index contributed by atoms with van der Waals surface area (Å²) in [6.45, 7) is 2.17. The number of ether oxygens (including phenoxy) is 1. The number of benzene rings is 1. The Morgan fingerprint density at radius 3 is 2.88 bits per heavy atom. The molecule has 0 aliphatic heterocycles. The van der Waals surface area contributed by atoms with Gasteiger partial charge in [-0.15, -0.1) is 11.3 Å². The molecule has 0 saturated carbocycles. The molecule has 1 aliphatic carbocycles. The fourth-order valence-electron chi connectivity index (χ4n) is 2.96. The molecule has 1 aromatic heterocycles. The minimum atomic E-state index is -0.477. The summed E-state index contributed by atoms with van der Waals surface area (Å²) in [4.78, 5) is 25.7. The normalized spacial score (nSPS) is 16.4. The molecule has 1 unspecified atom stereocenters. The number of halogens is 1. The van der Waals surface area contributed by atoms with Gasteiger partial charge in [0.25, 0.3) is 5.91 Å². The quantitative estimate of drug-likeness (QED) is 0.852. The zero-order valence-corrected chi connectivity index (χ0v) is 14.3. The first kappa shape index (κ1) is 16.6. The summed E-state index contributed by atoms with van der Waals surface area (Å²) < 4.78 is 18.2. The van der Waals surface area contributed by atoms with Gasteiger partial charge in [0.1, 0.15) is 10.8 Å². The molecule has 126 valence electrons. The van der Waals surface area contributed by atoms with Gasteiger partial charge >= 0.3 is 5.97 Å². The highest BCUT2D eigenvalue weighted by atomic mass is 32.1. The Hall–Kier alpha value is -2.21. The van der Waals surface area contributed by atoms with E-state index in [2.05, 4.69) is 12.2 Å². The van der Waals surface area contributed by atoms with Gasteiger partial charge in [-0.2, -0.15) is 0 Å². The molecule has 0 fully saturated rings. The number of fused-ring (bicyclic) bond motifs is 1. The number of carbonyl (C=O) groups excluding carboxylic acids is 2. The lowest BCUT2D eigenvalue weighted by atomic mass is 9.88. The summed E-state index contributed by atoms with van der Waals surface area (Å²) in [5, 5.41) is 3.24. The third-order valence-electron chi connectivity index (χ3n) is 4.22. The van der Waals surface area contributed by atoms with Crippen molar-refractivity contribution in [2.45, 2.75) is 26.2 Å². The Morgan fingerprint density at radius 1 is 1.38 bits per heavy atom. The highest BCUT2D eigenvalue weighted by molar-refractivity contribution is 7.17. The van der Waals surface area contributed by atoms with Gasteiger partial charge in [0.05, 0.1) is 12.7 Å². The number of anilines is 1. The van der Waals surface area contributed by atoms with Gasteiger partial charge in [0.15, 0.2) is 0 Å². The molecule has 2 aromatic rings. The number of hydrogen-bond donors (Lipinski definition) is 1. The minimum Gasteiger partial charge on any atom is -0.465 e. The first-order valence-electron chi connectivity index (χ1n) is 7.79. The van der Waals surface area contributed by atoms with Gasteiger partial charge in [0.2, 0.25) is 0 Å². The second-order valence-corrected chi connectivity index (χ2v) is 7.12. The zero-order valence-electron chi connectivity index (χ0n) is 13.5. The van der Waals surface area contributed by atoms with Crippen LogP contribution >= 0.6 is 11.3 Å². The SMILES string of the molecule is COC(=O)c1c(NC(=O)c2cccc(F)c2)sc2c1CCC(C)C2. The highest BCUT2D eigenvalue weighted by Crippen LogP contribution is 2.40. The van der Waals surface area contributed by atoms with Gasteiger partial charge in [-0.1, -0.05) is 13.0 Å². The van der Waals surface area contributed by atoms with Crippen LogP contribution in [0.25, 0.3) is 0 Å². The Morgan fingerprint density at radius 2 is 2.17 bits per heavy atom. The van der Waals surface area contributed by atoms with Crippen molar-refractivity contribution in [3.8, 4) is 0 Å². The second-order valence-electron chi connectivity index (χ2n) is 6.01. The molecule has 1 amide bonds. The van der Waals surface area contributed by atoms with Gasteiger partial charge in [-0.05, 0) is 48.9 Å². The van der Waals surface area contributed by atoms with Crippen molar-refractivity contribution in [1.29, 1.82) is 0 Å². The van der Waals surface area contributed by atoms with Crippen molar-refractivity contribution >= 4 is 28.2 Å². The van der Waals surface area contributed by atoms with E-state index in [1.807, 2.05) is 0 Å². The van der Waals surface area contributed by atoms with E-state index in [0.29, 0.717) is 16.5 Å². The molecule has 1 N–H and O–H groups in total. The average Bonchev–Trinajstić information content (AvgIpc) is 2.90. The fraction of sp³-hybridized carbons (Fsp3) is 0.333. The second kappa shape index (κ2) is 6.73. The largest absolute Gasteiger partial charge is 0.465 e. The molecule has 1 atom stereocenters. The van der Waals surface area contributed by atoms with Gasteiger partial charge in [0, 0.05) is 10.4 Å². The molecule has 0 radical (unpaired) electrons. The van der Waals surface area contributed by atoms with Crippen molar-refractivity contribution in [3.05, 3.63) is 51.7 Å². The molecule has 1 aromatic carbocycles. The van der Waals surface area contributed by atoms with Gasteiger partial charge in [-0.25, -0.2) is 9.18 Å². The number of carbonyl (C=O) groups is 2. The maximum Gasteiger partial charge on any atom is 0.341 e. The summed E-state index contributed by atoms with van der Waals surface area (Å²) >= 11 is 1.41. The van der Waals surface area contributed by atoms with E-state index >= 15 is 0 Å². The monoisotopic (exact) mass is 347 g/mol. The molecule has 1 heterocycles. The summed E-state index contributed by atoms with van der Waals surface area (Å²) in [5.74, 6) is -0.813. The van der Waals surface area contributed by atoms with E-state index in [0.717, 1.165) is 29.7 Å². The van der Waals surface area contributed by atoms with E-state index in [-0.39, 0.29) is 5.56 Å². The number of amides is 1. The van der Waals surface area contributed by atoms with Gasteiger partial charge in [-0.3, -0.25) is 4.79 Å². The Kier molecular flexibility index (Phi) is 4.66. The summed E-state index contributed by atoms with van der Waals surface area (Å²) in [6, 6.07) is 5.46. The van der Waals surface area contributed by atoms with Crippen molar-refractivity contribution in [2.75, 3.05) is 12.4 Å². The lowest BCUT2D eigenvalue weighted by Gasteiger charge is -2.18. The predicted molar refractivity (Wildman–Crippen MR) is 91.2 cm³/mol. The Bertz CT molecular complexity index is 800. The molecule has 4 nitrogen and oxygen atoms in total. The molecule has 0 bridgehead atoms. The molecule has 24 heavy (non-hydrogen) atoms. The van der Waals surface area contributed by atoms with Crippen LogP contribution in [0.15, 0.2) is 24.3 Å². The van der Waals surface area contributed by atoms with Crippen LogP contribution in [-0.2, 0) is 17.6 Å². The van der Waals surface area contributed by atoms with Crippen LogP contribution in [0, 0.1) is 11.7 Å². The maximum atomic E-state index is 13.3. The van der Waals surface area contributed by atoms with Crippen LogP contribution in [0.2, 0.25) is 0 Å². The fourth-order valence-corrected chi connectivity index (χ4v) is 4.36. The van der Waals surface area contributed by atoms with E-state index < -0.39 is 17.7 Å². The molecule has 0 spiro atoms. The number of nitrogens with one attached hydrogen (secondary N) is 1. The van der Waals surface area contributed by atoms with Crippen LogP contribution in [0.5, 0.6) is 0 Å². The first-order chi connectivity index (χ1) is 11.5. The topological polar surface area (TPSA) is 55.4 Å². The number of thiophene rings is 1. The third kappa shape index (κ3) is 3.19. The van der Waals surface area contributed by atoms with Crippen molar-refractivity contribution < 1.29 is 18.7 Å². The molecular formula is C18H18FNO3S. The van der Waals surface area contributed by atoms with Crippen molar-refractivity contribution in [3.63, 3.8) is 0 Å². The standard InChI is InChI=1S/C18H18FNO3S/c1-10-6-7-13-14(8-10)24-17(15(13)18(22)23-2)20-16(21)11-4-3-5-12(19)9-11/h3-5,9-10H,6-8H2,1-2H3,(H,20,21). The summed E-state index contributed by atoms with van der Waals surface area (Å²) in [6.07, 6.45) is 2.69. The van der Waals surface area contributed by atoms with Crippen LogP contribution in [0.3, 0.4) is 0 Å². The van der Waals surface area contributed by atoms with Crippen LogP contribution in [-0.4, -0.2) is 19.0 Å². The van der Waals surface area contributed by atoms with E-state index in [9.17, 15) is 14.0 Å². The lowest BCUT2D eigenvalue weighted by molar-refractivity contribution is 0.0601. The number of hydrogen-bond acceptors (Lipinski definition) is 4. The highest BCUT2D eigenvalue weighted by Gasteiger charge is 2.29. The lowest BCUT2D eigenvalue weighted by Crippen LogP contribution is -2.16. The van der Waals surface area contributed by atoms with E-state index in [1.165, 1.54) is 42.7 Å². The summed E-state index contributed by atoms with van der Waals surface area (Å²) in [7, 11) is 1.33. The minimum absolute atomic E-state index is 0.213. The van der Waals surface area contributed by atoms with Crippen molar-refractivity contribution in [2.24, 2.45) is 5.92 Å². The molecule has 3 rings (SSSR count). The zero-order chi connectivity index (χ0) is 17.3. The van der Waals surface area contributed by atoms with Crippen molar-refractivity contribution in [1.82, 2.24) is 0 Å². The summed E-state index contributed by atoms with van der Waals surface area (Å²) in [5.41, 5.74) is 1.62. The molecule has 6 heteroatoms. The average molecular weight is 347 g/mol. The van der Waals surface area contributed by atoms with Crippen LogP contribution in [0.4, 0.5) is 9.39 Å². The van der Waals surface area contributed by atoms with Gasteiger partial charge < -0.3 is 10.1 Å². The number of esters is 1. The predicted octanol–water partition coefficient (Wildman–Crippen LogP) is 4.05. The van der Waals surface area contributed by atoms with E-state index in [1.54, 1.807) is 0 Å². The van der Waals surface area contributed by atoms with Crippen LogP contribution in [0.1, 0.15) is 44.5 Å². The Balaban J connectivity index is 1.95. The first-order valence-corrected chi connectivity index (χ1v) is 8.61. The van der Waals surface area contributed by atoms with Crippen LogP contribution < -0.4 is 5.32 Å². The third-order valence-corrected chi connectivity index (χ3v) is 5.38. The molecule has 0 saturated heterocycles. The maximum absolute atomic E-state index is 13.3. The number of rotatable bonds is 3. The van der Waals surface area contributed by atoms with E-state index in [4.69, 9.17) is 4.74 Å².